The second-order valence-corrected chi connectivity index (χ2v) is 4.22. The summed E-state index contributed by atoms with van der Waals surface area (Å²) in [5.41, 5.74) is -1.00. The number of alkyl halides is 3. The number of hydrogen-bond acceptors (Lipinski definition) is 3. The molecule has 0 bridgehead atoms. The molecule has 0 amide bonds. The zero-order valence-corrected chi connectivity index (χ0v) is 10.8. The van der Waals surface area contributed by atoms with Crippen LogP contribution in [-0.4, -0.2) is 16.1 Å². The summed E-state index contributed by atoms with van der Waals surface area (Å²) < 4.78 is 43.2. The van der Waals surface area contributed by atoms with Crippen LogP contribution in [0.15, 0.2) is 36.4 Å². The highest BCUT2D eigenvalue weighted by atomic mass is 19.4. The molecule has 0 saturated heterocycles. The van der Waals surface area contributed by atoms with Crippen molar-refractivity contribution in [3.63, 3.8) is 0 Å². The third-order valence-corrected chi connectivity index (χ3v) is 2.68. The van der Waals surface area contributed by atoms with Crippen LogP contribution in [0.25, 0.3) is 0 Å². The molecule has 0 spiro atoms. The predicted octanol–water partition coefficient (Wildman–Crippen LogP) is 3.90. The minimum Gasteiger partial charge on any atom is -0.477 e. The molecule has 2 rings (SSSR count). The first kappa shape index (κ1) is 14.8. The van der Waals surface area contributed by atoms with E-state index in [0.717, 1.165) is 6.07 Å². The summed E-state index contributed by atoms with van der Waals surface area (Å²) in [5.74, 6) is -1.77. The van der Waals surface area contributed by atoms with Gasteiger partial charge in [0.25, 0.3) is 0 Å². The summed E-state index contributed by atoms with van der Waals surface area (Å²) in [6.45, 7) is 1.68. The summed E-state index contributed by atoms with van der Waals surface area (Å²) in [6.07, 6.45) is -4.68. The third-order valence-electron chi connectivity index (χ3n) is 2.68. The van der Waals surface area contributed by atoms with Crippen molar-refractivity contribution in [2.24, 2.45) is 0 Å². The Labute approximate surface area is 117 Å². The van der Waals surface area contributed by atoms with Crippen molar-refractivity contribution in [3.05, 3.63) is 53.2 Å². The molecule has 0 fully saturated rings. The number of nitrogens with zero attached hydrogens (tertiary/aromatic N) is 1. The lowest BCUT2D eigenvalue weighted by Gasteiger charge is -2.12. The number of halogens is 3. The molecule has 0 aliphatic rings. The molecule has 110 valence electrons. The number of ether oxygens (including phenoxy) is 1. The normalized spacial score (nSPS) is 11.2. The van der Waals surface area contributed by atoms with E-state index in [1.54, 1.807) is 25.1 Å². The van der Waals surface area contributed by atoms with Gasteiger partial charge < -0.3 is 9.84 Å². The molecular weight excluding hydrogens is 287 g/mol. The number of carboxylic acid groups (broad SMARTS) is 1. The molecular formula is C14H10F3NO3. The smallest absolute Gasteiger partial charge is 0.433 e. The van der Waals surface area contributed by atoms with Gasteiger partial charge in [-0.1, -0.05) is 18.2 Å². The Bertz CT molecular complexity index is 683. The Balaban J connectivity index is 2.49. The molecule has 1 aromatic heterocycles. The van der Waals surface area contributed by atoms with Crippen molar-refractivity contribution < 1.29 is 27.8 Å². The minimum absolute atomic E-state index is 0.242. The van der Waals surface area contributed by atoms with Crippen LogP contribution in [0.3, 0.4) is 0 Å². The molecule has 0 aliphatic carbocycles. The van der Waals surface area contributed by atoms with Gasteiger partial charge in [0, 0.05) is 0 Å². The number of hydrogen-bond donors (Lipinski definition) is 1. The van der Waals surface area contributed by atoms with Gasteiger partial charge in [-0.15, -0.1) is 0 Å². The average Bonchev–Trinajstić information content (AvgIpc) is 2.40. The first-order chi connectivity index (χ1) is 9.79. The van der Waals surface area contributed by atoms with Gasteiger partial charge in [-0.05, 0) is 30.7 Å². The Hall–Kier alpha value is -2.57. The van der Waals surface area contributed by atoms with Gasteiger partial charge >= 0.3 is 12.1 Å². The van der Waals surface area contributed by atoms with E-state index in [2.05, 4.69) is 4.98 Å². The fourth-order valence-corrected chi connectivity index (χ4v) is 1.61. The van der Waals surface area contributed by atoms with Crippen LogP contribution in [0.1, 0.15) is 21.6 Å². The van der Waals surface area contributed by atoms with Gasteiger partial charge in [0.1, 0.15) is 17.0 Å². The number of benzene rings is 1. The monoisotopic (exact) mass is 297 g/mol. The van der Waals surface area contributed by atoms with E-state index in [9.17, 15) is 18.0 Å². The number of aromatic nitrogens is 1. The molecule has 0 unspecified atom stereocenters. The number of carboxylic acids is 1. The first-order valence-corrected chi connectivity index (χ1v) is 5.84. The standard InChI is InChI=1S/C14H10F3NO3/c1-8-4-2-3-5-10(8)21-12-9(13(19)20)6-7-11(18-12)14(15,16)17/h2-7H,1H3,(H,19,20). The van der Waals surface area contributed by atoms with E-state index >= 15 is 0 Å². The van der Waals surface area contributed by atoms with Crippen LogP contribution in [0.4, 0.5) is 13.2 Å². The Morgan fingerprint density at radius 1 is 1.19 bits per heavy atom. The van der Waals surface area contributed by atoms with E-state index < -0.39 is 29.3 Å². The van der Waals surface area contributed by atoms with Crippen LogP contribution in [0.2, 0.25) is 0 Å². The fourth-order valence-electron chi connectivity index (χ4n) is 1.61. The molecule has 0 saturated carbocycles. The van der Waals surface area contributed by atoms with Crippen molar-refractivity contribution in [2.75, 3.05) is 0 Å². The summed E-state index contributed by atoms with van der Waals surface area (Å²) in [6, 6.07) is 7.97. The highest BCUT2D eigenvalue weighted by Gasteiger charge is 2.34. The SMILES string of the molecule is Cc1ccccc1Oc1nc(C(F)(F)F)ccc1C(=O)O. The number of pyridine rings is 1. The van der Waals surface area contributed by atoms with Gasteiger partial charge in [0.2, 0.25) is 5.88 Å². The lowest BCUT2D eigenvalue weighted by Crippen LogP contribution is -2.11. The Kier molecular flexibility index (Phi) is 3.84. The lowest BCUT2D eigenvalue weighted by atomic mass is 10.2. The predicted molar refractivity (Wildman–Crippen MR) is 67.5 cm³/mol. The molecule has 4 nitrogen and oxygen atoms in total. The number of aryl methyl sites for hydroxylation is 1. The summed E-state index contributed by atoms with van der Waals surface area (Å²) >= 11 is 0. The summed E-state index contributed by atoms with van der Waals surface area (Å²) in [7, 11) is 0. The average molecular weight is 297 g/mol. The number of para-hydroxylation sites is 1. The second kappa shape index (κ2) is 5.43. The zero-order valence-electron chi connectivity index (χ0n) is 10.8. The van der Waals surface area contributed by atoms with E-state index in [-0.39, 0.29) is 5.75 Å². The molecule has 0 radical (unpaired) electrons. The van der Waals surface area contributed by atoms with Crippen LogP contribution in [0, 0.1) is 6.92 Å². The summed E-state index contributed by atoms with van der Waals surface area (Å²) in [5, 5.41) is 9.01. The Morgan fingerprint density at radius 2 is 1.86 bits per heavy atom. The summed E-state index contributed by atoms with van der Waals surface area (Å²) in [4.78, 5) is 14.3. The van der Waals surface area contributed by atoms with E-state index in [4.69, 9.17) is 9.84 Å². The quantitative estimate of drug-likeness (QED) is 0.933. The second-order valence-electron chi connectivity index (χ2n) is 4.22. The molecule has 1 heterocycles. The van der Waals surface area contributed by atoms with Gasteiger partial charge in [0.05, 0.1) is 0 Å². The van der Waals surface area contributed by atoms with E-state index in [0.29, 0.717) is 11.6 Å². The van der Waals surface area contributed by atoms with E-state index in [1.165, 1.54) is 6.07 Å². The van der Waals surface area contributed by atoms with Crippen LogP contribution in [-0.2, 0) is 6.18 Å². The largest absolute Gasteiger partial charge is 0.477 e. The number of aromatic carboxylic acids is 1. The fraction of sp³-hybridized carbons (Fsp3) is 0.143. The lowest BCUT2D eigenvalue weighted by molar-refractivity contribution is -0.141. The molecule has 1 N–H and O–H groups in total. The highest BCUT2D eigenvalue weighted by Crippen LogP contribution is 2.32. The highest BCUT2D eigenvalue weighted by molar-refractivity contribution is 5.90. The van der Waals surface area contributed by atoms with E-state index in [1.807, 2.05) is 0 Å². The molecule has 2 aromatic rings. The van der Waals surface area contributed by atoms with Crippen molar-refractivity contribution in [1.82, 2.24) is 4.98 Å². The third kappa shape index (κ3) is 3.31. The van der Waals surface area contributed by atoms with Crippen molar-refractivity contribution >= 4 is 5.97 Å². The van der Waals surface area contributed by atoms with Crippen molar-refractivity contribution in [3.8, 4) is 11.6 Å². The zero-order chi connectivity index (χ0) is 15.6. The van der Waals surface area contributed by atoms with Crippen molar-refractivity contribution in [2.45, 2.75) is 13.1 Å². The van der Waals surface area contributed by atoms with Gasteiger partial charge in [-0.25, -0.2) is 9.78 Å². The minimum atomic E-state index is -4.68. The maximum atomic E-state index is 12.7. The topological polar surface area (TPSA) is 59.4 Å². The van der Waals surface area contributed by atoms with Crippen LogP contribution in [0.5, 0.6) is 11.6 Å². The van der Waals surface area contributed by atoms with Gasteiger partial charge in [-0.3, -0.25) is 0 Å². The van der Waals surface area contributed by atoms with Crippen molar-refractivity contribution in [1.29, 1.82) is 0 Å². The van der Waals surface area contributed by atoms with Crippen LogP contribution >= 0.6 is 0 Å². The number of carbonyl (C=O) groups is 1. The maximum Gasteiger partial charge on any atom is 0.433 e. The molecule has 21 heavy (non-hydrogen) atoms. The molecule has 7 heteroatoms. The molecule has 1 aromatic carbocycles. The molecule has 0 atom stereocenters. The first-order valence-electron chi connectivity index (χ1n) is 5.84. The maximum absolute atomic E-state index is 12.7. The van der Waals surface area contributed by atoms with Gasteiger partial charge in [0.15, 0.2) is 0 Å². The molecule has 0 aliphatic heterocycles. The Morgan fingerprint density at radius 3 is 2.43 bits per heavy atom. The number of rotatable bonds is 3. The van der Waals surface area contributed by atoms with Crippen LogP contribution < -0.4 is 4.74 Å². The van der Waals surface area contributed by atoms with Gasteiger partial charge in [-0.2, -0.15) is 13.2 Å².